The van der Waals surface area contributed by atoms with E-state index in [1.165, 1.54) is 18.2 Å². The molecule has 0 fully saturated rings. The van der Waals surface area contributed by atoms with Crippen molar-refractivity contribution in [3.8, 4) is 0 Å². The highest BCUT2D eigenvalue weighted by molar-refractivity contribution is 5.89. The molecule has 0 unspecified atom stereocenters. The summed E-state index contributed by atoms with van der Waals surface area (Å²) in [5, 5.41) is 8.95. The van der Waals surface area contributed by atoms with Crippen molar-refractivity contribution in [2.45, 2.75) is 13.1 Å². The van der Waals surface area contributed by atoms with Gasteiger partial charge in [-0.25, -0.2) is 4.79 Å². The average molecular weight is 306 g/mol. The molecule has 0 saturated carbocycles. The van der Waals surface area contributed by atoms with Crippen LogP contribution in [0.5, 0.6) is 0 Å². The molecule has 22 heavy (non-hydrogen) atoms. The Kier molecular flexibility index (Phi) is 4.35. The summed E-state index contributed by atoms with van der Waals surface area (Å²) in [6.07, 6.45) is -0.942. The lowest BCUT2D eigenvalue weighted by Crippen LogP contribution is -2.03. The van der Waals surface area contributed by atoms with E-state index in [4.69, 9.17) is 5.11 Å². The topological polar surface area (TPSA) is 37.3 Å². The third-order valence-corrected chi connectivity index (χ3v) is 3.19. The molecule has 0 radical (unpaired) electrons. The van der Waals surface area contributed by atoms with Crippen molar-refractivity contribution in [3.05, 3.63) is 70.3 Å². The van der Waals surface area contributed by atoms with Crippen molar-refractivity contribution in [1.82, 2.24) is 0 Å². The van der Waals surface area contributed by atoms with Crippen molar-refractivity contribution < 1.29 is 23.1 Å². The van der Waals surface area contributed by atoms with Gasteiger partial charge < -0.3 is 5.11 Å². The summed E-state index contributed by atoms with van der Waals surface area (Å²) in [4.78, 5) is 10.9. The van der Waals surface area contributed by atoms with Crippen LogP contribution in [0.2, 0.25) is 0 Å². The van der Waals surface area contributed by atoms with Crippen LogP contribution in [0.1, 0.15) is 32.6 Å². The van der Waals surface area contributed by atoms with Crippen molar-refractivity contribution in [2.24, 2.45) is 0 Å². The summed E-state index contributed by atoms with van der Waals surface area (Å²) in [5.41, 5.74) is 1.58. The zero-order valence-corrected chi connectivity index (χ0v) is 11.7. The quantitative estimate of drug-likeness (QED) is 0.820. The smallest absolute Gasteiger partial charge is 0.416 e. The van der Waals surface area contributed by atoms with E-state index in [0.29, 0.717) is 11.1 Å². The lowest BCUT2D eigenvalue weighted by molar-refractivity contribution is -0.137. The van der Waals surface area contributed by atoms with E-state index >= 15 is 0 Å². The fraction of sp³-hybridized carbons (Fsp3) is 0.118. The van der Waals surface area contributed by atoms with Gasteiger partial charge in [0, 0.05) is 0 Å². The summed E-state index contributed by atoms with van der Waals surface area (Å²) >= 11 is 0. The minimum Gasteiger partial charge on any atom is -0.478 e. The molecule has 0 spiro atoms. The van der Waals surface area contributed by atoms with Gasteiger partial charge in [-0.1, -0.05) is 36.4 Å². The maximum Gasteiger partial charge on any atom is 0.416 e. The predicted molar refractivity (Wildman–Crippen MR) is 78.5 cm³/mol. The highest BCUT2D eigenvalue weighted by Crippen LogP contribution is 2.29. The molecule has 2 rings (SSSR count). The Balaban J connectivity index is 2.18. The van der Waals surface area contributed by atoms with Crippen LogP contribution in [0, 0.1) is 6.92 Å². The number of alkyl halides is 3. The third-order valence-electron chi connectivity index (χ3n) is 3.19. The minimum absolute atomic E-state index is 0.228. The van der Waals surface area contributed by atoms with Crippen LogP contribution in [-0.2, 0) is 6.18 Å². The molecular weight excluding hydrogens is 293 g/mol. The molecule has 2 aromatic rings. The van der Waals surface area contributed by atoms with Gasteiger partial charge in [-0.15, -0.1) is 0 Å². The zero-order valence-electron chi connectivity index (χ0n) is 11.7. The number of rotatable bonds is 3. The van der Waals surface area contributed by atoms with Crippen LogP contribution in [-0.4, -0.2) is 11.1 Å². The Bertz CT molecular complexity index is 714. The number of halogens is 3. The van der Waals surface area contributed by atoms with Gasteiger partial charge in [0.2, 0.25) is 0 Å². The summed E-state index contributed by atoms with van der Waals surface area (Å²) in [6, 6.07) is 9.69. The minimum atomic E-state index is -4.34. The number of carboxylic acid groups (broad SMARTS) is 1. The van der Waals surface area contributed by atoms with Gasteiger partial charge in [-0.2, -0.15) is 13.2 Å². The van der Waals surface area contributed by atoms with Gasteiger partial charge in [-0.3, -0.25) is 0 Å². The predicted octanol–water partition coefficient (Wildman–Crippen LogP) is 4.88. The van der Waals surface area contributed by atoms with E-state index in [2.05, 4.69) is 0 Å². The van der Waals surface area contributed by atoms with Crippen LogP contribution in [0.3, 0.4) is 0 Å². The van der Waals surface area contributed by atoms with E-state index in [-0.39, 0.29) is 5.56 Å². The first-order valence-corrected chi connectivity index (χ1v) is 6.46. The molecule has 0 heterocycles. The maximum atomic E-state index is 12.5. The second kappa shape index (κ2) is 6.05. The third kappa shape index (κ3) is 3.75. The molecule has 0 bridgehead atoms. The van der Waals surface area contributed by atoms with Gasteiger partial charge in [0.1, 0.15) is 0 Å². The average Bonchev–Trinajstić information content (AvgIpc) is 2.44. The first kappa shape index (κ1) is 15.8. The first-order valence-electron chi connectivity index (χ1n) is 6.46. The van der Waals surface area contributed by atoms with Crippen LogP contribution >= 0.6 is 0 Å². The van der Waals surface area contributed by atoms with Gasteiger partial charge >= 0.3 is 12.1 Å². The molecule has 0 aliphatic carbocycles. The van der Waals surface area contributed by atoms with Crippen LogP contribution < -0.4 is 0 Å². The number of hydrogen-bond donors (Lipinski definition) is 1. The Morgan fingerprint density at radius 1 is 1.00 bits per heavy atom. The molecule has 0 aromatic heterocycles. The zero-order chi connectivity index (χ0) is 16.3. The van der Waals surface area contributed by atoms with Gasteiger partial charge in [0.15, 0.2) is 0 Å². The standard InChI is InChI=1S/C17H13F3O2/c1-11-10-13(6-9-15(11)16(21)22)3-2-12-4-7-14(8-5-12)17(18,19)20/h2-10H,1H3,(H,21,22)/b3-2+. The normalized spacial score (nSPS) is 11.8. The summed E-state index contributed by atoms with van der Waals surface area (Å²) in [7, 11) is 0. The SMILES string of the molecule is Cc1cc(/C=C/c2ccc(C(F)(F)F)cc2)ccc1C(=O)O. The molecule has 2 aromatic carbocycles. The lowest BCUT2D eigenvalue weighted by Gasteiger charge is -2.06. The fourth-order valence-corrected chi connectivity index (χ4v) is 2.01. The van der Waals surface area contributed by atoms with Gasteiger partial charge in [0.25, 0.3) is 0 Å². The number of hydrogen-bond acceptors (Lipinski definition) is 1. The Morgan fingerprint density at radius 3 is 2.05 bits per heavy atom. The molecule has 0 aliphatic heterocycles. The van der Waals surface area contributed by atoms with Crippen LogP contribution in [0.15, 0.2) is 42.5 Å². The van der Waals surface area contributed by atoms with Gasteiger partial charge in [0.05, 0.1) is 11.1 Å². The van der Waals surface area contributed by atoms with E-state index in [1.54, 1.807) is 31.2 Å². The number of aryl methyl sites for hydroxylation is 1. The Labute approximate surface area is 125 Å². The van der Waals surface area contributed by atoms with Gasteiger partial charge in [-0.05, 0) is 41.8 Å². The molecule has 114 valence electrons. The van der Waals surface area contributed by atoms with Crippen molar-refractivity contribution in [1.29, 1.82) is 0 Å². The monoisotopic (exact) mass is 306 g/mol. The fourth-order valence-electron chi connectivity index (χ4n) is 2.01. The number of carbonyl (C=O) groups is 1. The van der Waals surface area contributed by atoms with Crippen LogP contribution in [0.4, 0.5) is 13.2 Å². The van der Waals surface area contributed by atoms with E-state index < -0.39 is 17.7 Å². The van der Waals surface area contributed by atoms with Crippen molar-refractivity contribution >= 4 is 18.1 Å². The van der Waals surface area contributed by atoms with E-state index in [9.17, 15) is 18.0 Å². The molecule has 0 atom stereocenters. The van der Waals surface area contributed by atoms with Crippen molar-refractivity contribution in [2.75, 3.05) is 0 Å². The molecule has 0 saturated heterocycles. The Hall–Kier alpha value is -2.56. The maximum absolute atomic E-state index is 12.5. The Morgan fingerprint density at radius 2 is 1.55 bits per heavy atom. The lowest BCUT2D eigenvalue weighted by atomic mass is 10.0. The molecule has 0 amide bonds. The second-order valence-electron chi connectivity index (χ2n) is 4.83. The molecule has 0 aliphatic rings. The summed E-state index contributed by atoms with van der Waals surface area (Å²) in [5.74, 6) is -0.990. The number of carboxylic acids is 1. The van der Waals surface area contributed by atoms with E-state index in [0.717, 1.165) is 17.7 Å². The summed E-state index contributed by atoms with van der Waals surface area (Å²) < 4.78 is 37.4. The number of benzene rings is 2. The molecule has 1 N–H and O–H groups in total. The molecule has 2 nitrogen and oxygen atoms in total. The number of aromatic carboxylic acids is 1. The highest BCUT2D eigenvalue weighted by Gasteiger charge is 2.29. The first-order chi connectivity index (χ1) is 10.3. The largest absolute Gasteiger partial charge is 0.478 e. The molecule has 5 heteroatoms. The van der Waals surface area contributed by atoms with E-state index in [1.807, 2.05) is 0 Å². The molecular formula is C17H13F3O2. The summed E-state index contributed by atoms with van der Waals surface area (Å²) in [6.45, 7) is 1.69. The van der Waals surface area contributed by atoms with Crippen molar-refractivity contribution in [3.63, 3.8) is 0 Å². The van der Waals surface area contributed by atoms with Crippen LogP contribution in [0.25, 0.3) is 12.2 Å². The second-order valence-corrected chi connectivity index (χ2v) is 4.83. The highest BCUT2D eigenvalue weighted by atomic mass is 19.4.